The van der Waals surface area contributed by atoms with Gasteiger partial charge in [-0.1, -0.05) is 61.9 Å². The second-order valence-corrected chi connectivity index (χ2v) is 8.91. The molecule has 208 valence electrons. The Morgan fingerprint density at radius 1 is 0.700 bits per heavy atom. The Balaban J connectivity index is 1.45. The van der Waals surface area contributed by atoms with Crippen LogP contribution in [0.4, 0.5) is 30.7 Å². The minimum absolute atomic E-state index is 0.233. The predicted molar refractivity (Wildman–Crippen MR) is 138 cm³/mol. The Kier molecular flexibility index (Phi) is 8.52. The van der Waals surface area contributed by atoms with Crippen molar-refractivity contribution in [1.82, 2.24) is 0 Å². The van der Waals surface area contributed by atoms with Gasteiger partial charge in [-0.2, -0.15) is 26.3 Å². The van der Waals surface area contributed by atoms with Crippen molar-refractivity contribution in [2.24, 2.45) is 0 Å². The topological polar surface area (TPSA) is 18.5 Å². The molecule has 0 aromatic heterocycles. The van der Waals surface area contributed by atoms with E-state index in [0.29, 0.717) is 11.1 Å². The molecular formula is C31H23F7O2. The molecule has 0 unspecified atom stereocenters. The Bertz CT molecular complexity index is 1460. The first-order chi connectivity index (χ1) is 19.0. The summed E-state index contributed by atoms with van der Waals surface area (Å²) in [5.74, 6) is -1.44. The van der Waals surface area contributed by atoms with Crippen LogP contribution >= 0.6 is 0 Å². The lowest BCUT2D eigenvalue weighted by molar-refractivity contribution is -0.185. The largest absolute Gasteiger partial charge is 0.429 e. The number of ether oxygens (including phenoxy) is 2. The van der Waals surface area contributed by atoms with E-state index >= 15 is 0 Å². The number of rotatable bonds is 10. The monoisotopic (exact) mass is 560 g/mol. The average molecular weight is 561 g/mol. The number of alkyl halides is 4. The number of halogens is 7. The maximum absolute atomic E-state index is 15.0. The highest BCUT2D eigenvalue weighted by Crippen LogP contribution is 2.35. The van der Waals surface area contributed by atoms with E-state index in [1.807, 2.05) is 24.3 Å². The van der Waals surface area contributed by atoms with Gasteiger partial charge in [0.15, 0.2) is 0 Å². The lowest BCUT2D eigenvalue weighted by Crippen LogP contribution is -2.22. The lowest BCUT2D eigenvalue weighted by atomic mass is 9.98. The molecule has 4 aromatic carbocycles. The third kappa shape index (κ3) is 7.22. The second kappa shape index (κ2) is 11.9. The molecule has 0 aliphatic heterocycles. The number of hydrogen-bond acceptors (Lipinski definition) is 2. The third-order valence-electron chi connectivity index (χ3n) is 5.93. The molecule has 0 saturated heterocycles. The van der Waals surface area contributed by atoms with Gasteiger partial charge in [0, 0.05) is 5.56 Å². The summed E-state index contributed by atoms with van der Waals surface area (Å²) >= 11 is 0. The molecule has 2 nitrogen and oxygen atoms in total. The first-order valence-electron chi connectivity index (χ1n) is 12.2. The van der Waals surface area contributed by atoms with Gasteiger partial charge in [-0.05, 0) is 71.1 Å². The van der Waals surface area contributed by atoms with Crippen molar-refractivity contribution in [3.05, 3.63) is 120 Å². The second-order valence-electron chi connectivity index (χ2n) is 8.91. The van der Waals surface area contributed by atoms with Crippen molar-refractivity contribution in [3.63, 3.8) is 0 Å². The molecule has 0 N–H and O–H groups in total. The fraction of sp³-hybridized carbons (Fsp3) is 0.161. The van der Waals surface area contributed by atoms with E-state index in [0.717, 1.165) is 54.8 Å². The van der Waals surface area contributed by atoms with Gasteiger partial charge in [-0.15, -0.1) is 0 Å². The molecule has 40 heavy (non-hydrogen) atoms. The van der Waals surface area contributed by atoms with E-state index in [1.165, 1.54) is 23.8 Å². The summed E-state index contributed by atoms with van der Waals surface area (Å²) in [5, 5.41) is 0. The quantitative estimate of drug-likeness (QED) is 0.180. The summed E-state index contributed by atoms with van der Waals surface area (Å²) in [6.45, 7) is 2.09. The number of hydrogen-bond donors (Lipinski definition) is 0. The minimum atomic E-state index is -4.29. The molecule has 0 atom stereocenters. The fourth-order valence-corrected chi connectivity index (χ4v) is 4.02. The van der Waals surface area contributed by atoms with Gasteiger partial charge >= 0.3 is 12.2 Å². The van der Waals surface area contributed by atoms with Gasteiger partial charge in [0.2, 0.25) is 0 Å². The fourth-order valence-electron chi connectivity index (χ4n) is 4.02. The minimum Gasteiger partial charge on any atom is -0.429 e. The van der Waals surface area contributed by atoms with Crippen LogP contribution in [0.1, 0.15) is 24.5 Å². The van der Waals surface area contributed by atoms with Crippen LogP contribution in [-0.4, -0.2) is 6.11 Å². The maximum Gasteiger partial charge on any atom is 0.426 e. The summed E-state index contributed by atoms with van der Waals surface area (Å²) in [5.41, 5.74) is 2.82. The van der Waals surface area contributed by atoms with Crippen LogP contribution in [0.15, 0.2) is 103 Å². The smallest absolute Gasteiger partial charge is 0.426 e. The van der Waals surface area contributed by atoms with Gasteiger partial charge in [-0.3, -0.25) is 0 Å². The maximum atomic E-state index is 15.0. The van der Waals surface area contributed by atoms with E-state index in [2.05, 4.69) is 11.7 Å². The summed E-state index contributed by atoms with van der Waals surface area (Å²) < 4.78 is 104. The van der Waals surface area contributed by atoms with Gasteiger partial charge in [-0.25, -0.2) is 4.39 Å². The van der Waals surface area contributed by atoms with Crippen LogP contribution < -0.4 is 9.47 Å². The molecule has 0 bridgehead atoms. The zero-order valence-corrected chi connectivity index (χ0v) is 21.1. The van der Waals surface area contributed by atoms with E-state index < -0.39 is 41.5 Å². The molecule has 9 heteroatoms. The molecule has 0 aliphatic carbocycles. The molecule has 4 rings (SSSR count). The van der Waals surface area contributed by atoms with Crippen LogP contribution in [0.3, 0.4) is 0 Å². The Labute approximate surface area is 226 Å². The van der Waals surface area contributed by atoms with E-state index in [4.69, 9.17) is 4.74 Å². The summed E-state index contributed by atoms with van der Waals surface area (Å²) in [6, 6.07) is 21.0. The van der Waals surface area contributed by atoms with Crippen molar-refractivity contribution < 1.29 is 40.2 Å². The number of aryl methyl sites for hydroxylation is 1. The van der Waals surface area contributed by atoms with Crippen LogP contribution in [-0.2, 0) is 12.5 Å². The highest BCUT2D eigenvalue weighted by molar-refractivity contribution is 5.71. The molecule has 0 saturated carbocycles. The molecule has 0 heterocycles. The van der Waals surface area contributed by atoms with Crippen LogP contribution in [0, 0.1) is 5.82 Å². The van der Waals surface area contributed by atoms with Gasteiger partial charge in [0.1, 0.15) is 17.3 Å². The van der Waals surface area contributed by atoms with E-state index in [-0.39, 0.29) is 11.3 Å². The average Bonchev–Trinajstić information content (AvgIpc) is 2.89. The highest BCUT2D eigenvalue weighted by atomic mass is 19.3. The lowest BCUT2D eigenvalue weighted by Gasteiger charge is -2.19. The van der Waals surface area contributed by atoms with Crippen molar-refractivity contribution in [1.29, 1.82) is 0 Å². The zero-order chi connectivity index (χ0) is 28.9. The van der Waals surface area contributed by atoms with Crippen molar-refractivity contribution in [2.45, 2.75) is 32.0 Å². The normalized spacial score (nSPS) is 11.7. The predicted octanol–water partition coefficient (Wildman–Crippen LogP) is 9.99. The van der Waals surface area contributed by atoms with E-state index in [1.54, 1.807) is 12.1 Å². The molecule has 0 spiro atoms. The molecule has 0 amide bonds. The Morgan fingerprint density at radius 3 is 1.80 bits per heavy atom. The van der Waals surface area contributed by atoms with Gasteiger partial charge < -0.3 is 9.47 Å². The summed E-state index contributed by atoms with van der Waals surface area (Å²) in [7, 11) is 0. The molecular weight excluding hydrogens is 537 g/mol. The van der Waals surface area contributed by atoms with Crippen molar-refractivity contribution in [3.8, 4) is 33.8 Å². The number of benzene rings is 4. The first-order valence-corrected chi connectivity index (χ1v) is 12.2. The summed E-state index contributed by atoms with van der Waals surface area (Å²) in [4.78, 5) is 0. The van der Waals surface area contributed by atoms with Gasteiger partial charge in [0.25, 0.3) is 6.08 Å². The SMILES string of the molecule is CCCc1ccc(-c2ccc(-c3ccc(C(F)(F)Oc4ccc(OC(F)(F)C=C(F)F)cc4)cc3)c(F)c2)cc1. The van der Waals surface area contributed by atoms with E-state index in [9.17, 15) is 30.7 Å². The Hall–Kier alpha value is -4.27. The zero-order valence-electron chi connectivity index (χ0n) is 21.1. The molecule has 0 fully saturated rings. The summed E-state index contributed by atoms with van der Waals surface area (Å²) in [6.07, 6.45) is -9.44. The Morgan fingerprint density at radius 2 is 1.25 bits per heavy atom. The van der Waals surface area contributed by atoms with Crippen LogP contribution in [0.2, 0.25) is 0 Å². The molecule has 4 aromatic rings. The van der Waals surface area contributed by atoms with Gasteiger partial charge in [0.05, 0.1) is 11.6 Å². The first kappa shape index (κ1) is 28.7. The van der Waals surface area contributed by atoms with Crippen LogP contribution in [0.5, 0.6) is 11.5 Å². The van der Waals surface area contributed by atoms with Crippen LogP contribution in [0.25, 0.3) is 22.3 Å². The molecule has 0 radical (unpaired) electrons. The standard InChI is InChI=1S/C31H23F7O2/c1-2-3-20-4-6-21(7-5-20)23-10-17-27(28(32)18-23)22-8-11-24(12-9-22)31(37,38)40-26-15-13-25(14-16-26)39-30(35,36)19-29(33)34/h4-19H,2-3H2,1H3. The van der Waals surface area contributed by atoms with Crippen molar-refractivity contribution >= 4 is 0 Å². The molecule has 0 aliphatic rings. The van der Waals surface area contributed by atoms with Crippen molar-refractivity contribution in [2.75, 3.05) is 0 Å². The highest BCUT2D eigenvalue weighted by Gasteiger charge is 2.35. The third-order valence-corrected chi connectivity index (χ3v) is 5.93.